The third-order valence-corrected chi connectivity index (χ3v) is 14.2. The van der Waals surface area contributed by atoms with Gasteiger partial charge in [0.25, 0.3) is 0 Å². The van der Waals surface area contributed by atoms with Crippen molar-refractivity contribution < 1.29 is 28.6 Å². The Balaban J connectivity index is 2.19. The van der Waals surface area contributed by atoms with Crippen molar-refractivity contribution in [1.29, 1.82) is 0 Å². The Kier molecular flexibility index (Phi) is 10.0. The summed E-state index contributed by atoms with van der Waals surface area (Å²) >= 11 is 0. The van der Waals surface area contributed by atoms with Crippen LogP contribution in [-0.4, -0.2) is 49.9 Å². The van der Waals surface area contributed by atoms with Crippen molar-refractivity contribution in [2.75, 3.05) is 7.11 Å². The summed E-state index contributed by atoms with van der Waals surface area (Å²) in [6, 6.07) is 7.69. The maximum absolute atomic E-state index is 14.6. The highest BCUT2D eigenvalue weighted by atomic mass is 28.4. The van der Waals surface area contributed by atoms with Gasteiger partial charge in [-0.1, -0.05) is 65.8 Å². The Hall–Kier alpha value is -2.06. The topological polar surface area (TPSA) is 82.1 Å². The fourth-order valence-corrected chi connectivity index (χ4v) is 7.05. The quantitative estimate of drug-likeness (QED) is 0.281. The number of benzene rings is 1. The van der Waals surface area contributed by atoms with Gasteiger partial charge in [-0.2, -0.15) is 0 Å². The van der Waals surface area contributed by atoms with Crippen LogP contribution in [0.5, 0.6) is 5.75 Å². The number of aliphatic hydroxyl groups is 1. The van der Waals surface area contributed by atoms with E-state index < -0.39 is 31.4 Å². The second-order valence-electron chi connectivity index (χ2n) is 14.4. The predicted octanol–water partition coefficient (Wildman–Crippen LogP) is 7.21. The molecule has 0 bridgehead atoms. The van der Waals surface area contributed by atoms with E-state index in [0.29, 0.717) is 24.0 Å². The summed E-state index contributed by atoms with van der Waals surface area (Å²) in [5.74, 6) is 0.258. The van der Waals surface area contributed by atoms with Crippen LogP contribution in [0.1, 0.15) is 80.2 Å². The Morgan fingerprint density at radius 2 is 1.68 bits per heavy atom. The summed E-state index contributed by atoms with van der Waals surface area (Å²) < 4.78 is 19.2. The largest absolute Gasteiger partial charge is 0.497 e. The number of fused-ring (bicyclic) bond motifs is 1. The number of rotatable bonds is 6. The summed E-state index contributed by atoms with van der Waals surface area (Å²) in [7, 11) is -0.604. The lowest BCUT2D eigenvalue weighted by Gasteiger charge is -2.42. The van der Waals surface area contributed by atoms with Gasteiger partial charge in [0.15, 0.2) is 14.1 Å². The summed E-state index contributed by atoms with van der Waals surface area (Å²) in [5, 5.41) is 11.2. The van der Waals surface area contributed by atoms with Crippen molar-refractivity contribution in [2.24, 2.45) is 17.3 Å². The molecule has 6 nitrogen and oxygen atoms in total. The third kappa shape index (κ3) is 7.12. The molecule has 0 heterocycles. The predicted molar refractivity (Wildman–Crippen MR) is 166 cm³/mol. The van der Waals surface area contributed by atoms with Crippen LogP contribution >= 0.6 is 0 Å². The molecule has 0 aliphatic heterocycles. The average molecular weight is 585 g/mol. The Labute approximate surface area is 248 Å². The van der Waals surface area contributed by atoms with Crippen molar-refractivity contribution in [3.05, 3.63) is 53.1 Å². The first-order valence-electron chi connectivity index (χ1n) is 14.9. The van der Waals surface area contributed by atoms with E-state index in [0.717, 1.165) is 11.3 Å². The molecular formula is C34H52O6Si. The van der Waals surface area contributed by atoms with E-state index in [-0.39, 0.29) is 41.7 Å². The van der Waals surface area contributed by atoms with Gasteiger partial charge >= 0.3 is 0 Å². The van der Waals surface area contributed by atoms with E-state index in [1.165, 1.54) is 0 Å². The van der Waals surface area contributed by atoms with Crippen molar-refractivity contribution in [3.8, 4) is 5.75 Å². The zero-order valence-electron chi connectivity index (χ0n) is 27.1. The molecule has 41 heavy (non-hydrogen) atoms. The fourth-order valence-electron chi connectivity index (χ4n) is 5.64. The third-order valence-electron chi connectivity index (χ3n) is 9.73. The molecular weight excluding hydrogens is 532 g/mol. The lowest BCUT2D eigenvalue weighted by Crippen LogP contribution is -2.51. The Morgan fingerprint density at radius 3 is 2.24 bits per heavy atom. The minimum absolute atomic E-state index is 0.0225. The number of ketones is 2. The average Bonchev–Trinajstić information content (AvgIpc) is 3.15. The van der Waals surface area contributed by atoms with Crippen LogP contribution in [-0.2, 0) is 25.4 Å². The summed E-state index contributed by atoms with van der Waals surface area (Å²) in [6.07, 6.45) is 3.59. The molecule has 2 aliphatic rings. The van der Waals surface area contributed by atoms with Crippen LogP contribution in [0.4, 0.5) is 0 Å². The molecule has 1 unspecified atom stereocenters. The summed E-state index contributed by atoms with van der Waals surface area (Å²) in [6.45, 7) is 20.9. The molecule has 1 fully saturated rings. The second kappa shape index (κ2) is 12.3. The van der Waals surface area contributed by atoms with Gasteiger partial charge in [0, 0.05) is 17.8 Å². The highest BCUT2D eigenvalue weighted by Crippen LogP contribution is 2.51. The lowest BCUT2D eigenvalue weighted by atomic mass is 9.77. The standard InChI is InChI=1S/C34H52O6Si/c1-22-16-17-33(7,8)29(36)19-28(35)23(2)18-27-30(40-41(10,11)32(4,5)6)24(3)20-34(27,31(22)37)39-21-25-12-14-26(38-9)15-13-25/h12-16,18,24,27-28,30,35H,17,19-21H2,1-11H3/b22-16+,23-18+/t24-,27-,28?,30+,34+/m0/s1. The van der Waals surface area contributed by atoms with Crippen LogP contribution in [0.2, 0.25) is 18.1 Å². The van der Waals surface area contributed by atoms with Gasteiger partial charge in [0.2, 0.25) is 0 Å². The zero-order chi connectivity index (χ0) is 31.0. The number of allylic oxidation sites excluding steroid dienone is 1. The molecule has 7 heteroatoms. The first kappa shape index (κ1) is 33.4. The zero-order valence-corrected chi connectivity index (χ0v) is 28.1. The fraction of sp³-hybridized carbons (Fsp3) is 0.647. The van der Waals surface area contributed by atoms with Gasteiger partial charge in [0.1, 0.15) is 17.1 Å². The van der Waals surface area contributed by atoms with E-state index in [4.69, 9.17) is 13.9 Å². The summed E-state index contributed by atoms with van der Waals surface area (Å²) in [5.41, 5.74) is 0.326. The van der Waals surface area contributed by atoms with Crippen LogP contribution in [0.3, 0.4) is 0 Å². The van der Waals surface area contributed by atoms with Gasteiger partial charge in [-0.15, -0.1) is 0 Å². The van der Waals surface area contributed by atoms with Crippen molar-refractivity contribution in [3.63, 3.8) is 0 Å². The van der Waals surface area contributed by atoms with Gasteiger partial charge in [0.05, 0.1) is 25.9 Å². The normalized spacial score (nSPS) is 32.2. The molecule has 228 valence electrons. The van der Waals surface area contributed by atoms with Crippen molar-refractivity contribution in [2.45, 2.75) is 117 Å². The van der Waals surface area contributed by atoms with E-state index in [1.807, 2.05) is 64.1 Å². The molecule has 1 aromatic rings. The lowest BCUT2D eigenvalue weighted by molar-refractivity contribution is -0.148. The molecule has 1 aromatic carbocycles. The number of carbonyl (C=O) groups excluding carboxylic acids is 2. The number of hydrogen-bond acceptors (Lipinski definition) is 6. The number of methoxy groups -OCH3 is 1. The molecule has 0 amide bonds. The molecule has 0 aromatic heterocycles. The maximum Gasteiger partial charge on any atom is 0.192 e. The van der Waals surface area contributed by atoms with Crippen LogP contribution in [0, 0.1) is 17.3 Å². The van der Waals surface area contributed by atoms with Crippen LogP contribution in [0.15, 0.2) is 47.6 Å². The molecule has 1 N–H and O–H groups in total. The maximum atomic E-state index is 14.6. The van der Waals surface area contributed by atoms with Gasteiger partial charge in [-0.05, 0) is 79.6 Å². The number of carbonyl (C=O) groups is 2. The molecule has 3 rings (SSSR count). The highest BCUT2D eigenvalue weighted by Gasteiger charge is 2.59. The number of ether oxygens (including phenoxy) is 2. The van der Waals surface area contributed by atoms with Gasteiger partial charge < -0.3 is 19.0 Å². The summed E-state index contributed by atoms with van der Waals surface area (Å²) in [4.78, 5) is 27.7. The van der Waals surface area contributed by atoms with E-state index >= 15 is 0 Å². The second-order valence-corrected chi connectivity index (χ2v) is 19.2. The van der Waals surface area contributed by atoms with E-state index in [9.17, 15) is 14.7 Å². The van der Waals surface area contributed by atoms with E-state index in [1.54, 1.807) is 7.11 Å². The van der Waals surface area contributed by atoms with Gasteiger partial charge in [-0.25, -0.2) is 0 Å². The molecule has 2 aliphatic carbocycles. The highest BCUT2D eigenvalue weighted by molar-refractivity contribution is 6.74. The monoisotopic (exact) mass is 584 g/mol. The minimum Gasteiger partial charge on any atom is -0.497 e. The number of aliphatic hydroxyl groups excluding tert-OH is 1. The van der Waals surface area contributed by atoms with E-state index in [2.05, 4.69) is 40.8 Å². The Morgan fingerprint density at radius 1 is 1.07 bits per heavy atom. The number of hydrogen-bond donors (Lipinski definition) is 1. The smallest absolute Gasteiger partial charge is 0.192 e. The first-order chi connectivity index (χ1) is 18.8. The SMILES string of the molecule is COc1ccc(CO[C@]23C[C@H](C)[C@@H](O[Si](C)(C)C(C)(C)C)[C@@H]2/C=C(\C)C(O)CC(=O)C(C)(C)C/C=C(\C)C3=O)cc1. The molecule has 0 spiro atoms. The van der Waals surface area contributed by atoms with Crippen LogP contribution in [0.25, 0.3) is 0 Å². The minimum atomic E-state index is -2.24. The first-order valence-corrected chi connectivity index (χ1v) is 17.8. The van der Waals surface area contributed by atoms with Crippen molar-refractivity contribution >= 4 is 19.9 Å². The molecule has 1 saturated carbocycles. The Bertz CT molecular complexity index is 1170. The number of Topliss-reactive ketones (excluding diaryl/α,β-unsaturated/α-hetero) is 2. The molecule has 0 radical (unpaired) electrons. The van der Waals surface area contributed by atoms with Gasteiger partial charge in [-0.3, -0.25) is 9.59 Å². The molecule has 5 atom stereocenters. The van der Waals surface area contributed by atoms with Crippen LogP contribution < -0.4 is 4.74 Å². The van der Waals surface area contributed by atoms with Crippen molar-refractivity contribution in [1.82, 2.24) is 0 Å². The molecule has 0 saturated heterocycles.